The summed E-state index contributed by atoms with van der Waals surface area (Å²) in [5.41, 5.74) is 0. The van der Waals surface area contributed by atoms with Crippen molar-refractivity contribution < 1.29 is 13.0 Å². The molecule has 0 heterocycles. The molecule has 0 atom stereocenters. The first-order valence-corrected chi connectivity index (χ1v) is 5.92. The summed E-state index contributed by atoms with van der Waals surface area (Å²) < 4.78 is 30.7. The first-order valence-electron chi connectivity index (χ1n) is 2.83. The van der Waals surface area contributed by atoms with Crippen LogP contribution in [0.3, 0.4) is 0 Å². The van der Waals surface area contributed by atoms with Crippen molar-refractivity contribution in [1.82, 2.24) is 0 Å². The Kier molecular flexibility index (Phi) is 2.56. The summed E-state index contributed by atoms with van der Waals surface area (Å²) in [7, 11) is -4.01. The minimum atomic E-state index is -4.01. The van der Waals surface area contributed by atoms with Crippen LogP contribution in [0.15, 0.2) is 29.2 Å². The molecule has 0 fully saturated rings. The summed E-state index contributed by atoms with van der Waals surface area (Å²) in [5, 5.41) is 0. The zero-order valence-corrected chi connectivity index (χ0v) is 9.67. The summed E-state index contributed by atoms with van der Waals surface area (Å²) in [6, 6.07) is 6.17. The van der Waals surface area contributed by atoms with Gasteiger partial charge in [0.05, 0.1) is 0 Å². The van der Waals surface area contributed by atoms with Crippen LogP contribution >= 0.6 is 0 Å². The van der Waals surface area contributed by atoms with Crippen LogP contribution in [0.4, 0.5) is 0 Å². The fourth-order valence-electron chi connectivity index (χ4n) is 0.640. The topological polar surface area (TPSA) is 54.4 Å². The molecule has 0 saturated carbocycles. The maximum atomic E-state index is 10.5. The van der Waals surface area contributed by atoms with Gasteiger partial charge in [-0.2, -0.15) is 0 Å². The van der Waals surface area contributed by atoms with Crippen molar-refractivity contribution >= 4 is 36.2 Å². The predicted octanol–water partition coefficient (Wildman–Crippen LogP) is -0.541. The maximum absolute atomic E-state index is 10.5. The van der Waals surface area contributed by atoms with Gasteiger partial charge >= 0.3 is 78.4 Å². The van der Waals surface area contributed by atoms with Gasteiger partial charge in [0.15, 0.2) is 0 Å². The molecule has 11 heavy (non-hydrogen) atoms. The first kappa shape index (κ1) is 9.02. The van der Waals surface area contributed by atoms with E-state index in [1.165, 1.54) is 12.1 Å². The van der Waals surface area contributed by atoms with Gasteiger partial charge in [0.25, 0.3) is 0 Å². The Morgan fingerprint density at radius 3 is 2.00 bits per heavy atom. The van der Waals surface area contributed by atoms with E-state index < -0.39 is 10.1 Å². The number of benzene rings is 1. The van der Waals surface area contributed by atoms with Gasteiger partial charge in [-0.25, -0.2) is 0 Å². The number of hydrogen-bond acceptors (Lipinski definition) is 2. The molecule has 0 unspecified atom stereocenters. The molecule has 0 aliphatic rings. The summed E-state index contributed by atoms with van der Waals surface area (Å²) in [6.07, 6.45) is 0. The van der Waals surface area contributed by atoms with Crippen molar-refractivity contribution in [3.63, 3.8) is 0 Å². The fraction of sp³-hybridized carbons (Fsp3) is 0. The van der Waals surface area contributed by atoms with Crippen molar-refractivity contribution in [3.8, 4) is 0 Å². The molecule has 2 radical (unpaired) electrons. The normalized spacial score (nSPS) is 11.5. The predicted molar refractivity (Wildman–Crippen MR) is 43.0 cm³/mol. The Morgan fingerprint density at radius 1 is 1.18 bits per heavy atom. The Labute approximate surface area is 78.3 Å². The zero-order valence-electron chi connectivity index (χ0n) is 5.56. The van der Waals surface area contributed by atoms with E-state index in [0.29, 0.717) is 0 Å². The van der Waals surface area contributed by atoms with Crippen LogP contribution in [-0.2, 0) is 10.1 Å². The SMILES string of the molecule is O=S(=O)(O)c1cc[c]([SnH])cc1. The molecule has 1 rings (SSSR count). The van der Waals surface area contributed by atoms with E-state index in [1.807, 2.05) is 0 Å². The van der Waals surface area contributed by atoms with E-state index in [1.54, 1.807) is 12.1 Å². The van der Waals surface area contributed by atoms with Crippen LogP contribution < -0.4 is 3.58 Å². The molecule has 0 saturated heterocycles. The molecular weight excluding hydrogens is 271 g/mol. The Bertz CT molecular complexity index is 341. The molecule has 5 heteroatoms. The summed E-state index contributed by atoms with van der Waals surface area (Å²) in [6.45, 7) is 0. The molecule has 1 aromatic rings. The third-order valence-corrected chi connectivity index (χ3v) is 3.14. The third kappa shape index (κ3) is 2.46. The number of hydrogen-bond donors (Lipinski definition) is 1. The van der Waals surface area contributed by atoms with Crippen molar-refractivity contribution in [3.05, 3.63) is 24.3 Å². The van der Waals surface area contributed by atoms with Gasteiger partial charge in [-0.15, -0.1) is 0 Å². The molecule has 0 aliphatic heterocycles. The van der Waals surface area contributed by atoms with E-state index in [2.05, 4.69) is 0 Å². The summed E-state index contributed by atoms with van der Waals surface area (Å²) in [5.74, 6) is 0. The molecule has 1 aromatic carbocycles. The van der Waals surface area contributed by atoms with Crippen LogP contribution in [0.25, 0.3) is 0 Å². The molecule has 0 aromatic heterocycles. The van der Waals surface area contributed by atoms with Crippen molar-refractivity contribution in [2.45, 2.75) is 4.90 Å². The van der Waals surface area contributed by atoms with Crippen LogP contribution in [0, 0.1) is 0 Å². The monoisotopic (exact) mass is 278 g/mol. The summed E-state index contributed by atoms with van der Waals surface area (Å²) in [4.78, 5) is -0.0458. The minimum absolute atomic E-state index is 0.0458. The van der Waals surface area contributed by atoms with Gasteiger partial charge in [-0.3, -0.25) is 0 Å². The van der Waals surface area contributed by atoms with Gasteiger partial charge in [0.2, 0.25) is 0 Å². The van der Waals surface area contributed by atoms with E-state index in [0.717, 1.165) is 26.1 Å². The Morgan fingerprint density at radius 2 is 1.64 bits per heavy atom. The molecular formula is C6H6O3SSn. The molecule has 0 spiro atoms. The average Bonchev–Trinajstić information content (AvgIpc) is 1.86. The fourth-order valence-corrected chi connectivity index (χ4v) is 1.67. The Balaban J connectivity index is 3.20. The van der Waals surface area contributed by atoms with Gasteiger partial charge in [-0.1, -0.05) is 0 Å². The molecule has 3 nitrogen and oxygen atoms in total. The van der Waals surface area contributed by atoms with E-state index in [-0.39, 0.29) is 4.90 Å². The Hall–Kier alpha value is -0.0713. The second-order valence-electron chi connectivity index (χ2n) is 2.04. The molecule has 0 bridgehead atoms. The van der Waals surface area contributed by atoms with Crippen molar-refractivity contribution in [1.29, 1.82) is 0 Å². The second kappa shape index (κ2) is 3.12. The van der Waals surface area contributed by atoms with E-state index >= 15 is 0 Å². The van der Waals surface area contributed by atoms with Crippen LogP contribution in [0.5, 0.6) is 0 Å². The second-order valence-corrected chi connectivity index (χ2v) is 5.37. The van der Waals surface area contributed by atoms with Crippen LogP contribution in [0.1, 0.15) is 0 Å². The molecule has 0 amide bonds. The van der Waals surface area contributed by atoms with Crippen LogP contribution in [-0.4, -0.2) is 35.5 Å². The van der Waals surface area contributed by atoms with Gasteiger partial charge in [0, 0.05) is 0 Å². The van der Waals surface area contributed by atoms with E-state index in [4.69, 9.17) is 4.55 Å². The first-order chi connectivity index (χ1) is 5.00. The van der Waals surface area contributed by atoms with Crippen molar-refractivity contribution in [2.75, 3.05) is 0 Å². The van der Waals surface area contributed by atoms with Gasteiger partial charge in [0.1, 0.15) is 0 Å². The summed E-state index contributed by atoms with van der Waals surface area (Å²) >= 11 is 0.943. The van der Waals surface area contributed by atoms with Gasteiger partial charge in [-0.05, 0) is 0 Å². The van der Waals surface area contributed by atoms with E-state index in [9.17, 15) is 8.42 Å². The standard InChI is InChI=1S/C6H5O3S.Sn.H/c7-10(8,9)6-4-2-1-3-5-6;;/h2-5H,(H,7,8,9);;. The zero-order chi connectivity index (χ0) is 8.48. The van der Waals surface area contributed by atoms with Crippen LogP contribution in [0.2, 0.25) is 0 Å². The quantitative estimate of drug-likeness (QED) is 0.554. The molecule has 58 valence electrons. The average molecular weight is 277 g/mol. The number of rotatable bonds is 1. The molecule has 0 aliphatic carbocycles. The van der Waals surface area contributed by atoms with Crippen molar-refractivity contribution in [2.24, 2.45) is 0 Å². The molecule has 1 N–H and O–H groups in total. The third-order valence-electron chi connectivity index (χ3n) is 1.18. The van der Waals surface area contributed by atoms with Gasteiger partial charge < -0.3 is 0 Å².